The third kappa shape index (κ3) is 2.50. The Bertz CT molecular complexity index is 558. The molecular weight excluding hydrogens is 292 g/mol. The number of hydrogen-bond donors (Lipinski definition) is 0. The number of hydrogen-bond acceptors (Lipinski definition) is 4. The summed E-state index contributed by atoms with van der Waals surface area (Å²) in [6.45, 7) is 5.17. The molecule has 0 heterocycles. The largest absolute Gasteiger partial charge is 0.457 e. The van der Waals surface area contributed by atoms with E-state index in [1.807, 2.05) is 20.8 Å². The maximum Gasteiger partial charge on any atom is 0.344 e. The summed E-state index contributed by atoms with van der Waals surface area (Å²) in [5, 5.41) is 0. The molecule has 0 spiro atoms. The molecule has 4 aliphatic carbocycles. The molecule has 4 aliphatic rings. The minimum Gasteiger partial charge on any atom is -0.457 e. The lowest BCUT2D eigenvalue weighted by molar-refractivity contribution is -0.169. The fraction of sp³-hybridized carbons (Fsp3) is 0.789. The maximum absolute atomic E-state index is 12.5. The molecule has 23 heavy (non-hydrogen) atoms. The second-order valence-electron chi connectivity index (χ2n) is 8.80. The van der Waals surface area contributed by atoms with Gasteiger partial charge in [-0.1, -0.05) is 12.2 Å². The molecule has 0 amide bonds. The molecular formula is C19H26O4. The Balaban J connectivity index is 1.34. The molecule has 7 unspecified atom stereocenters. The third-order valence-electron chi connectivity index (χ3n) is 6.33. The topological polar surface area (TPSA) is 52.6 Å². The van der Waals surface area contributed by atoms with Gasteiger partial charge >= 0.3 is 11.9 Å². The van der Waals surface area contributed by atoms with E-state index in [9.17, 15) is 9.59 Å². The van der Waals surface area contributed by atoms with E-state index in [-0.39, 0.29) is 18.5 Å². The SMILES string of the molecule is CC(C)(C)OC(=O)COC(=O)C1CC2CC1C1C3C=CC(C3)C21. The van der Waals surface area contributed by atoms with Gasteiger partial charge in [0.05, 0.1) is 5.92 Å². The van der Waals surface area contributed by atoms with Crippen molar-refractivity contribution < 1.29 is 19.1 Å². The molecule has 0 saturated heterocycles. The van der Waals surface area contributed by atoms with Crippen LogP contribution in [0.3, 0.4) is 0 Å². The first-order valence-electron chi connectivity index (χ1n) is 8.90. The number of carbonyl (C=O) groups is 2. The van der Waals surface area contributed by atoms with Crippen molar-refractivity contribution >= 4 is 11.9 Å². The van der Waals surface area contributed by atoms with Gasteiger partial charge in [0.15, 0.2) is 6.61 Å². The second-order valence-corrected chi connectivity index (χ2v) is 8.80. The van der Waals surface area contributed by atoms with Crippen LogP contribution >= 0.6 is 0 Å². The van der Waals surface area contributed by atoms with Crippen molar-refractivity contribution in [3.63, 3.8) is 0 Å². The molecule has 4 nitrogen and oxygen atoms in total. The Morgan fingerprint density at radius 1 is 1.04 bits per heavy atom. The number of rotatable bonds is 3. The first-order valence-corrected chi connectivity index (χ1v) is 8.90. The van der Waals surface area contributed by atoms with Gasteiger partial charge in [-0.3, -0.25) is 4.79 Å². The summed E-state index contributed by atoms with van der Waals surface area (Å²) in [4.78, 5) is 24.2. The summed E-state index contributed by atoms with van der Waals surface area (Å²) in [7, 11) is 0. The number of carbonyl (C=O) groups excluding carboxylic acids is 2. The smallest absolute Gasteiger partial charge is 0.344 e. The van der Waals surface area contributed by atoms with Gasteiger partial charge in [-0.05, 0) is 75.5 Å². The average molecular weight is 318 g/mol. The molecule has 3 fully saturated rings. The highest BCUT2D eigenvalue weighted by molar-refractivity contribution is 5.78. The molecule has 0 aromatic carbocycles. The normalized spacial score (nSPS) is 42.8. The molecule has 0 aromatic heterocycles. The quantitative estimate of drug-likeness (QED) is 0.456. The molecule has 4 rings (SSSR count). The van der Waals surface area contributed by atoms with Crippen molar-refractivity contribution in [3.8, 4) is 0 Å². The summed E-state index contributed by atoms with van der Waals surface area (Å²) in [6.07, 6.45) is 8.20. The van der Waals surface area contributed by atoms with Crippen molar-refractivity contribution in [2.45, 2.75) is 45.6 Å². The van der Waals surface area contributed by atoms with Crippen LogP contribution in [0.5, 0.6) is 0 Å². The van der Waals surface area contributed by atoms with Gasteiger partial charge in [-0.2, -0.15) is 0 Å². The molecule has 7 atom stereocenters. The zero-order valence-electron chi connectivity index (χ0n) is 14.2. The van der Waals surface area contributed by atoms with Crippen LogP contribution in [0.1, 0.15) is 40.0 Å². The number of fused-ring (bicyclic) bond motifs is 9. The Kier molecular flexibility index (Phi) is 3.37. The maximum atomic E-state index is 12.5. The second kappa shape index (κ2) is 5.09. The van der Waals surface area contributed by atoms with E-state index < -0.39 is 11.6 Å². The number of allylic oxidation sites excluding steroid dienone is 2. The van der Waals surface area contributed by atoms with Crippen LogP contribution in [-0.2, 0) is 19.1 Å². The molecule has 0 radical (unpaired) electrons. The monoisotopic (exact) mass is 318 g/mol. The van der Waals surface area contributed by atoms with Gasteiger partial charge in [0.25, 0.3) is 0 Å². The average Bonchev–Trinajstić information content (AvgIpc) is 3.19. The van der Waals surface area contributed by atoms with Gasteiger partial charge in [-0.15, -0.1) is 0 Å². The highest BCUT2D eigenvalue weighted by Gasteiger charge is 2.62. The van der Waals surface area contributed by atoms with E-state index in [0.29, 0.717) is 23.7 Å². The Morgan fingerprint density at radius 3 is 2.43 bits per heavy atom. The lowest BCUT2D eigenvalue weighted by Gasteiger charge is -2.35. The fourth-order valence-electron chi connectivity index (χ4n) is 5.90. The van der Waals surface area contributed by atoms with Crippen molar-refractivity contribution in [3.05, 3.63) is 12.2 Å². The minimum absolute atomic E-state index is 0.00330. The van der Waals surface area contributed by atoms with E-state index in [4.69, 9.17) is 9.47 Å². The zero-order valence-corrected chi connectivity index (χ0v) is 14.2. The summed E-state index contributed by atoms with van der Waals surface area (Å²) >= 11 is 0. The Labute approximate surface area is 137 Å². The summed E-state index contributed by atoms with van der Waals surface area (Å²) in [5.41, 5.74) is -0.543. The Morgan fingerprint density at radius 2 is 1.74 bits per heavy atom. The lowest BCUT2D eigenvalue weighted by atomic mass is 9.69. The van der Waals surface area contributed by atoms with E-state index in [1.54, 1.807) is 0 Å². The van der Waals surface area contributed by atoms with Gasteiger partial charge in [0.2, 0.25) is 0 Å². The van der Waals surface area contributed by atoms with Gasteiger partial charge in [0.1, 0.15) is 5.60 Å². The molecule has 4 heteroatoms. The minimum atomic E-state index is -0.543. The van der Waals surface area contributed by atoms with Crippen LogP contribution in [0.15, 0.2) is 12.2 Å². The summed E-state index contributed by atoms with van der Waals surface area (Å²) < 4.78 is 10.5. The number of ether oxygens (including phenoxy) is 2. The fourth-order valence-corrected chi connectivity index (χ4v) is 5.90. The van der Waals surface area contributed by atoms with E-state index in [2.05, 4.69) is 12.2 Å². The Hall–Kier alpha value is -1.32. The molecule has 0 aromatic rings. The molecule has 3 saturated carbocycles. The van der Waals surface area contributed by atoms with Crippen molar-refractivity contribution in [2.75, 3.05) is 6.61 Å². The lowest BCUT2D eigenvalue weighted by Crippen LogP contribution is -2.36. The standard InChI is InChI=1S/C19H26O4/c1-19(2,3)23-15(20)9-22-18(21)14-8-12-7-13(14)17-11-5-4-10(6-11)16(12)17/h4-5,10-14,16-17H,6-9H2,1-3H3. The van der Waals surface area contributed by atoms with Gasteiger partial charge in [0, 0.05) is 0 Å². The summed E-state index contributed by atoms with van der Waals surface area (Å²) in [5.74, 6) is 3.44. The van der Waals surface area contributed by atoms with Crippen LogP contribution in [0, 0.1) is 41.4 Å². The highest BCUT2D eigenvalue weighted by atomic mass is 16.6. The van der Waals surface area contributed by atoms with E-state index >= 15 is 0 Å². The molecule has 4 bridgehead atoms. The highest BCUT2D eigenvalue weighted by Crippen LogP contribution is 2.67. The van der Waals surface area contributed by atoms with Crippen LogP contribution < -0.4 is 0 Å². The molecule has 0 N–H and O–H groups in total. The van der Waals surface area contributed by atoms with E-state index in [1.165, 1.54) is 12.8 Å². The molecule has 0 aliphatic heterocycles. The third-order valence-corrected chi connectivity index (χ3v) is 6.33. The van der Waals surface area contributed by atoms with Crippen molar-refractivity contribution in [1.82, 2.24) is 0 Å². The zero-order chi connectivity index (χ0) is 16.4. The first-order chi connectivity index (χ1) is 10.8. The van der Waals surface area contributed by atoms with Gasteiger partial charge in [-0.25, -0.2) is 4.79 Å². The van der Waals surface area contributed by atoms with Crippen LogP contribution in [0.4, 0.5) is 0 Å². The van der Waals surface area contributed by atoms with Gasteiger partial charge < -0.3 is 9.47 Å². The van der Waals surface area contributed by atoms with E-state index in [0.717, 1.165) is 18.3 Å². The van der Waals surface area contributed by atoms with Crippen LogP contribution in [-0.4, -0.2) is 24.1 Å². The summed E-state index contributed by atoms with van der Waals surface area (Å²) in [6, 6.07) is 0. The predicted molar refractivity (Wildman–Crippen MR) is 84.2 cm³/mol. The first kappa shape index (κ1) is 15.2. The van der Waals surface area contributed by atoms with Crippen LogP contribution in [0.2, 0.25) is 0 Å². The van der Waals surface area contributed by atoms with Crippen molar-refractivity contribution in [2.24, 2.45) is 41.4 Å². The van der Waals surface area contributed by atoms with Crippen LogP contribution in [0.25, 0.3) is 0 Å². The van der Waals surface area contributed by atoms with Crippen molar-refractivity contribution in [1.29, 1.82) is 0 Å². The number of esters is 2. The molecule has 126 valence electrons. The predicted octanol–water partition coefficient (Wildman–Crippen LogP) is 2.97.